The van der Waals surface area contributed by atoms with E-state index in [9.17, 15) is 9.59 Å². The summed E-state index contributed by atoms with van der Waals surface area (Å²) in [5.74, 6) is 1.32. The summed E-state index contributed by atoms with van der Waals surface area (Å²) < 4.78 is 18.5. The van der Waals surface area contributed by atoms with Crippen molar-refractivity contribution in [1.82, 2.24) is 9.88 Å². The zero-order valence-corrected chi connectivity index (χ0v) is 18.2. The third-order valence-electron chi connectivity index (χ3n) is 5.74. The molecule has 168 valence electrons. The summed E-state index contributed by atoms with van der Waals surface area (Å²) in [6.45, 7) is 3.25. The summed E-state index contributed by atoms with van der Waals surface area (Å²) >= 11 is 0. The number of ketones is 1. The number of carbonyl (C=O) groups excluding carboxylic acids is 2. The van der Waals surface area contributed by atoms with Crippen molar-refractivity contribution in [3.63, 3.8) is 0 Å². The van der Waals surface area contributed by atoms with E-state index in [1.165, 1.54) is 6.26 Å². The van der Waals surface area contributed by atoms with Crippen LogP contribution in [0.25, 0.3) is 10.9 Å². The first kappa shape index (κ1) is 20.9. The number of benzene rings is 2. The molecule has 0 fully saturated rings. The zero-order valence-electron chi connectivity index (χ0n) is 18.2. The average Bonchev–Trinajstić information content (AvgIpc) is 3.41. The van der Waals surface area contributed by atoms with Crippen LogP contribution in [0.1, 0.15) is 41.1 Å². The maximum Gasteiger partial charge on any atom is 0.240 e. The minimum absolute atomic E-state index is 0.0842. The van der Waals surface area contributed by atoms with Crippen molar-refractivity contribution in [2.45, 2.75) is 25.9 Å². The largest absolute Gasteiger partial charge is 0.490 e. The molecule has 7 nitrogen and oxygen atoms in total. The highest BCUT2D eigenvalue weighted by molar-refractivity contribution is 6.15. The van der Waals surface area contributed by atoms with Gasteiger partial charge in [-0.15, -0.1) is 0 Å². The number of nitrogens with zero attached hydrogens (tertiary/aromatic N) is 1. The number of carbonyl (C=O) groups is 2. The molecule has 2 aromatic carbocycles. The topological polar surface area (TPSA) is 82.7 Å². The predicted molar refractivity (Wildman–Crippen MR) is 123 cm³/mol. The van der Waals surface area contributed by atoms with Crippen LogP contribution < -0.4 is 14.8 Å². The zero-order chi connectivity index (χ0) is 22.8. The molecular formula is C26H24N2O5. The van der Waals surface area contributed by atoms with Crippen LogP contribution in [0.3, 0.4) is 0 Å². The highest BCUT2D eigenvalue weighted by atomic mass is 16.5. The fraction of sp³-hybridized carbons (Fsp3) is 0.231. The summed E-state index contributed by atoms with van der Waals surface area (Å²) in [7, 11) is 0. The number of amides is 1. The molecule has 4 aromatic rings. The Morgan fingerprint density at radius 3 is 2.67 bits per heavy atom. The van der Waals surface area contributed by atoms with Crippen molar-refractivity contribution in [2.24, 2.45) is 0 Å². The second kappa shape index (κ2) is 8.86. The Hall–Kier alpha value is -4.00. The summed E-state index contributed by atoms with van der Waals surface area (Å²) in [6.07, 6.45) is 4.03. The molecule has 0 saturated heterocycles. The molecule has 1 N–H and O–H groups in total. The second-order valence-corrected chi connectivity index (χ2v) is 8.04. The van der Waals surface area contributed by atoms with Gasteiger partial charge in [0.2, 0.25) is 11.7 Å². The van der Waals surface area contributed by atoms with Crippen LogP contribution in [0.4, 0.5) is 0 Å². The highest BCUT2D eigenvalue weighted by Crippen LogP contribution is 2.32. The van der Waals surface area contributed by atoms with E-state index in [4.69, 9.17) is 13.9 Å². The average molecular weight is 444 g/mol. The van der Waals surface area contributed by atoms with E-state index >= 15 is 0 Å². The van der Waals surface area contributed by atoms with Crippen LogP contribution >= 0.6 is 0 Å². The summed E-state index contributed by atoms with van der Waals surface area (Å²) in [6, 6.07) is 16.4. The number of hydrogen-bond acceptors (Lipinski definition) is 5. The SMILES string of the molecule is C[C@H](NC(=O)Cn1cc(C(=O)c2ccco2)c2ccccc21)c1ccc2c(c1)OCCCO2. The van der Waals surface area contributed by atoms with Gasteiger partial charge in [0, 0.05) is 23.5 Å². The molecule has 2 aromatic heterocycles. The van der Waals surface area contributed by atoms with Gasteiger partial charge in [-0.05, 0) is 42.8 Å². The first-order chi connectivity index (χ1) is 16.1. The van der Waals surface area contributed by atoms with Crippen LogP contribution in [0.5, 0.6) is 11.5 Å². The van der Waals surface area contributed by atoms with E-state index in [1.807, 2.05) is 49.4 Å². The predicted octanol–water partition coefficient (Wildman–Crippen LogP) is 4.50. The number of nitrogens with one attached hydrogen (secondary N) is 1. The van der Waals surface area contributed by atoms with E-state index in [2.05, 4.69) is 5.32 Å². The normalized spacial score (nSPS) is 14.0. The van der Waals surface area contributed by atoms with Crippen LogP contribution in [0.15, 0.2) is 71.5 Å². The van der Waals surface area contributed by atoms with Gasteiger partial charge >= 0.3 is 0 Å². The lowest BCUT2D eigenvalue weighted by Crippen LogP contribution is -2.30. The lowest BCUT2D eigenvalue weighted by molar-refractivity contribution is -0.122. The monoisotopic (exact) mass is 444 g/mol. The minimum Gasteiger partial charge on any atom is -0.490 e. The van der Waals surface area contributed by atoms with Gasteiger partial charge in [-0.25, -0.2) is 0 Å². The molecule has 1 aliphatic heterocycles. The van der Waals surface area contributed by atoms with Crippen LogP contribution in [0.2, 0.25) is 0 Å². The molecule has 1 atom stereocenters. The Morgan fingerprint density at radius 1 is 1.03 bits per heavy atom. The second-order valence-electron chi connectivity index (χ2n) is 8.04. The molecule has 1 aliphatic rings. The molecule has 0 aliphatic carbocycles. The lowest BCUT2D eigenvalue weighted by Gasteiger charge is -2.17. The third-order valence-corrected chi connectivity index (χ3v) is 5.74. The minimum atomic E-state index is -0.222. The Bertz CT molecular complexity index is 1310. The number of aromatic nitrogens is 1. The third kappa shape index (κ3) is 4.22. The number of para-hydroxylation sites is 1. The molecular weight excluding hydrogens is 420 g/mol. The molecule has 33 heavy (non-hydrogen) atoms. The van der Waals surface area contributed by atoms with Crippen molar-refractivity contribution in [2.75, 3.05) is 13.2 Å². The Morgan fingerprint density at radius 2 is 1.85 bits per heavy atom. The lowest BCUT2D eigenvalue weighted by atomic mass is 10.1. The Kier molecular flexibility index (Phi) is 5.60. The fourth-order valence-corrected chi connectivity index (χ4v) is 4.07. The first-order valence-corrected chi connectivity index (χ1v) is 10.9. The molecule has 5 rings (SSSR count). The number of furan rings is 1. The van der Waals surface area contributed by atoms with Gasteiger partial charge in [0.15, 0.2) is 17.3 Å². The maximum atomic E-state index is 12.9. The standard InChI is InChI=1S/C26H24N2O5/c1-17(18-9-10-22-24(14-18)33-13-5-12-31-22)27-25(29)16-28-15-20(19-6-2-3-7-21(19)28)26(30)23-8-4-11-32-23/h2-4,6-11,14-15,17H,5,12-13,16H2,1H3,(H,27,29)/t17-/m0/s1. The molecule has 7 heteroatoms. The Balaban J connectivity index is 1.34. The van der Waals surface area contributed by atoms with Crippen molar-refractivity contribution in [3.05, 3.63) is 83.9 Å². The summed E-state index contributed by atoms with van der Waals surface area (Å²) in [4.78, 5) is 25.8. The van der Waals surface area contributed by atoms with Crippen molar-refractivity contribution in [3.8, 4) is 11.5 Å². The van der Waals surface area contributed by atoms with Gasteiger partial charge in [0.1, 0.15) is 6.54 Å². The van der Waals surface area contributed by atoms with Crippen molar-refractivity contribution < 1.29 is 23.5 Å². The highest BCUT2D eigenvalue weighted by Gasteiger charge is 2.20. The van der Waals surface area contributed by atoms with E-state index in [0.717, 1.165) is 28.6 Å². The molecule has 0 saturated carbocycles. The van der Waals surface area contributed by atoms with Gasteiger partial charge in [-0.3, -0.25) is 9.59 Å². The number of ether oxygens (including phenoxy) is 2. The fourth-order valence-electron chi connectivity index (χ4n) is 4.07. The first-order valence-electron chi connectivity index (χ1n) is 10.9. The molecule has 0 unspecified atom stereocenters. The van der Waals surface area contributed by atoms with Crippen molar-refractivity contribution >= 4 is 22.6 Å². The van der Waals surface area contributed by atoms with E-state index in [0.29, 0.717) is 24.5 Å². The number of rotatable bonds is 6. The van der Waals surface area contributed by atoms with E-state index in [1.54, 1.807) is 22.9 Å². The number of hydrogen-bond donors (Lipinski definition) is 1. The van der Waals surface area contributed by atoms with Crippen LogP contribution in [0, 0.1) is 0 Å². The van der Waals surface area contributed by atoms with Gasteiger partial charge in [0.05, 0.1) is 31.1 Å². The molecule has 0 spiro atoms. The maximum absolute atomic E-state index is 12.9. The summed E-state index contributed by atoms with van der Waals surface area (Å²) in [5, 5.41) is 3.82. The van der Waals surface area contributed by atoms with Gasteiger partial charge in [-0.2, -0.15) is 0 Å². The van der Waals surface area contributed by atoms with Gasteiger partial charge < -0.3 is 23.8 Å². The molecule has 1 amide bonds. The smallest absolute Gasteiger partial charge is 0.240 e. The van der Waals surface area contributed by atoms with Gasteiger partial charge in [-0.1, -0.05) is 24.3 Å². The molecule has 0 bridgehead atoms. The van der Waals surface area contributed by atoms with Crippen LogP contribution in [-0.4, -0.2) is 29.5 Å². The molecule has 3 heterocycles. The van der Waals surface area contributed by atoms with Crippen molar-refractivity contribution in [1.29, 1.82) is 0 Å². The summed E-state index contributed by atoms with van der Waals surface area (Å²) in [5.41, 5.74) is 2.24. The Labute approximate surface area is 190 Å². The van der Waals surface area contributed by atoms with Gasteiger partial charge in [0.25, 0.3) is 0 Å². The van der Waals surface area contributed by atoms with Crippen LogP contribution in [-0.2, 0) is 11.3 Å². The number of fused-ring (bicyclic) bond motifs is 2. The van der Waals surface area contributed by atoms with E-state index in [-0.39, 0.29) is 30.0 Å². The quantitative estimate of drug-likeness (QED) is 0.443. The van der Waals surface area contributed by atoms with E-state index < -0.39 is 0 Å². The molecule has 0 radical (unpaired) electrons.